The Labute approximate surface area is 144 Å². The van der Waals surface area contributed by atoms with Crippen molar-refractivity contribution in [3.8, 4) is 0 Å². The van der Waals surface area contributed by atoms with Crippen LogP contribution in [0.25, 0.3) is 21.8 Å². The molecule has 0 fully saturated rings. The summed E-state index contributed by atoms with van der Waals surface area (Å²) in [7, 11) is 1.68. The van der Waals surface area contributed by atoms with Gasteiger partial charge in [0, 0.05) is 41.2 Å². The second kappa shape index (κ2) is 13.4. The predicted octanol–water partition coefficient (Wildman–Crippen LogP) is 3.55. The Kier molecular flexibility index (Phi) is 12.2. The summed E-state index contributed by atoms with van der Waals surface area (Å²) in [5.41, 5.74) is 8.87. The third-order valence-electron chi connectivity index (χ3n) is 2.92. The van der Waals surface area contributed by atoms with Crippen molar-refractivity contribution in [2.75, 3.05) is 32.7 Å². The van der Waals surface area contributed by atoms with E-state index in [1.165, 1.54) is 10.8 Å². The smallest absolute Gasteiger partial charge is 0.0662 e. The summed E-state index contributed by atoms with van der Waals surface area (Å²) >= 11 is 0. The number of nitrogens with one attached hydrogen (secondary N) is 1. The summed E-state index contributed by atoms with van der Waals surface area (Å²) in [5, 5.41) is 17.7. The van der Waals surface area contributed by atoms with Gasteiger partial charge in [0.05, 0.1) is 13.2 Å². The van der Waals surface area contributed by atoms with Gasteiger partial charge in [-0.15, -0.1) is 0 Å². The Morgan fingerprint density at radius 2 is 1.50 bits per heavy atom. The van der Waals surface area contributed by atoms with Crippen molar-refractivity contribution in [1.29, 1.82) is 0 Å². The third-order valence-corrected chi connectivity index (χ3v) is 2.92. The molecule has 1 heterocycles. The lowest BCUT2D eigenvalue weighted by Crippen LogP contribution is -1.85. The molecule has 2 aromatic carbocycles. The van der Waals surface area contributed by atoms with E-state index in [4.69, 9.17) is 15.9 Å². The standard InChI is InChI=1S/C12H10N2.C3H8O.C2H6O2.C2H6/c13-8-5-6-12-10(7-8)9-3-1-2-4-11(9)14-12;1-3-4-2;3-1-2-4;1-2/h1-7,14H,13H2;3H2,1-2H3;3-4H,1-2H2;1-2H3. The molecule has 24 heavy (non-hydrogen) atoms. The van der Waals surface area contributed by atoms with E-state index in [2.05, 4.69) is 21.9 Å². The number of aliphatic hydroxyl groups excluding tert-OH is 2. The van der Waals surface area contributed by atoms with Crippen LogP contribution in [-0.4, -0.2) is 42.1 Å². The van der Waals surface area contributed by atoms with Crippen LogP contribution in [0, 0.1) is 0 Å². The number of hydrogen-bond donors (Lipinski definition) is 4. The number of anilines is 1. The van der Waals surface area contributed by atoms with Crippen LogP contribution in [0.4, 0.5) is 5.69 Å². The van der Waals surface area contributed by atoms with Crippen molar-refractivity contribution in [1.82, 2.24) is 4.98 Å². The maximum atomic E-state index is 7.62. The molecule has 5 nitrogen and oxygen atoms in total. The molecular weight excluding hydrogens is 304 g/mol. The van der Waals surface area contributed by atoms with Gasteiger partial charge in [0.25, 0.3) is 0 Å². The van der Waals surface area contributed by atoms with Crippen LogP contribution in [-0.2, 0) is 4.74 Å². The number of hydrogen-bond acceptors (Lipinski definition) is 4. The number of benzene rings is 2. The Hall–Kier alpha value is -2.08. The van der Waals surface area contributed by atoms with E-state index in [0.717, 1.165) is 23.3 Å². The largest absolute Gasteiger partial charge is 0.399 e. The molecule has 0 amide bonds. The van der Waals surface area contributed by atoms with Crippen LogP contribution >= 0.6 is 0 Å². The summed E-state index contributed by atoms with van der Waals surface area (Å²) < 4.78 is 4.54. The van der Waals surface area contributed by atoms with E-state index in [0.29, 0.717) is 0 Å². The van der Waals surface area contributed by atoms with Crippen molar-refractivity contribution >= 4 is 27.5 Å². The molecule has 0 spiro atoms. The number of aromatic amines is 1. The monoisotopic (exact) mass is 334 g/mol. The van der Waals surface area contributed by atoms with E-state index in [9.17, 15) is 0 Å². The number of rotatable bonds is 2. The highest BCUT2D eigenvalue weighted by Gasteiger charge is 2.02. The third kappa shape index (κ3) is 7.00. The minimum Gasteiger partial charge on any atom is -0.399 e. The molecule has 134 valence electrons. The van der Waals surface area contributed by atoms with E-state index in [1.807, 2.05) is 51.1 Å². The minimum absolute atomic E-state index is 0.125. The average molecular weight is 334 g/mol. The highest BCUT2D eigenvalue weighted by molar-refractivity contribution is 6.08. The van der Waals surface area contributed by atoms with Crippen LogP contribution in [0.2, 0.25) is 0 Å². The van der Waals surface area contributed by atoms with Crippen LogP contribution in [0.3, 0.4) is 0 Å². The van der Waals surface area contributed by atoms with Gasteiger partial charge in [-0.3, -0.25) is 0 Å². The molecule has 3 aromatic rings. The Morgan fingerprint density at radius 3 is 2.04 bits per heavy atom. The molecule has 0 aliphatic rings. The molecule has 0 aliphatic carbocycles. The Bertz CT molecular complexity index is 672. The van der Waals surface area contributed by atoms with Gasteiger partial charge in [-0.25, -0.2) is 0 Å². The van der Waals surface area contributed by atoms with E-state index < -0.39 is 0 Å². The van der Waals surface area contributed by atoms with Gasteiger partial charge in [0.15, 0.2) is 0 Å². The van der Waals surface area contributed by atoms with E-state index in [1.54, 1.807) is 7.11 Å². The Morgan fingerprint density at radius 1 is 0.958 bits per heavy atom. The molecule has 0 saturated carbocycles. The van der Waals surface area contributed by atoms with Gasteiger partial charge in [0.2, 0.25) is 0 Å². The SMILES string of the molecule is CC.CCOC.Nc1ccc2[nH]c3ccccc3c2c1.OCCO. The van der Waals surface area contributed by atoms with E-state index >= 15 is 0 Å². The molecule has 0 aliphatic heterocycles. The van der Waals surface area contributed by atoms with Gasteiger partial charge < -0.3 is 25.7 Å². The summed E-state index contributed by atoms with van der Waals surface area (Å²) in [6.07, 6.45) is 0. The van der Waals surface area contributed by atoms with Crippen LogP contribution < -0.4 is 5.73 Å². The molecule has 0 atom stereocenters. The number of ether oxygens (including phenoxy) is 1. The maximum Gasteiger partial charge on any atom is 0.0662 e. The summed E-state index contributed by atoms with van der Waals surface area (Å²) in [4.78, 5) is 3.35. The van der Waals surface area contributed by atoms with Crippen molar-refractivity contribution in [3.63, 3.8) is 0 Å². The molecule has 5 heteroatoms. The summed E-state index contributed by atoms with van der Waals surface area (Å²) in [5.74, 6) is 0. The molecule has 5 N–H and O–H groups in total. The zero-order valence-corrected chi connectivity index (χ0v) is 15.0. The summed E-state index contributed by atoms with van der Waals surface area (Å²) in [6, 6.07) is 14.2. The van der Waals surface area contributed by atoms with Gasteiger partial charge >= 0.3 is 0 Å². The normalized spacial score (nSPS) is 9.25. The minimum atomic E-state index is -0.125. The van der Waals surface area contributed by atoms with E-state index in [-0.39, 0.29) is 13.2 Å². The van der Waals surface area contributed by atoms with Gasteiger partial charge in [-0.2, -0.15) is 0 Å². The topological polar surface area (TPSA) is 91.5 Å². The van der Waals surface area contributed by atoms with Crippen molar-refractivity contribution in [2.24, 2.45) is 0 Å². The number of nitrogens with two attached hydrogens (primary N) is 1. The quantitative estimate of drug-likeness (QED) is 0.539. The number of aromatic nitrogens is 1. The number of methoxy groups -OCH3 is 1. The number of nitrogen functional groups attached to an aromatic ring is 1. The van der Waals surface area contributed by atoms with Gasteiger partial charge in [-0.05, 0) is 31.2 Å². The highest BCUT2D eigenvalue weighted by Crippen LogP contribution is 2.26. The first-order chi connectivity index (χ1) is 11.7. The molecule has 3 rings (SSSR count). The second-order valence-corrected chi connectivity index (χ2v) is 4.50. The first kappa shape index (κ1) is 21.9. The highest BCUT2D eigenvalue weighted by atomic mass is 16.5. The predicted molar refractivity (Wildman–Crippen MR) is 103 cm³/mol. The van der Waals surface area contributed by atoms with Crippen molar-refractivity contribution in [3.05, 3.63) is 42.5 Å². The fourth-order valence-corrected chi connectivity index (χ4v) is 1.87. The zero-order valence-electron chi connectivity index (χ0n) is 15.0. The lowest BCUT2D eigenvalue weighted by atomic mass is 10.1. The van der Waals surface area contributed by atoms with Gasteiger partial charge in [-0.1, -0.05) is 32.0 Å². The van der Waals surface area contributed by atoms with Crippen molar-refractivity contribution < 1.29 is 14.9 Å². The lowest BCUT2D eigenvalue weighted by Gasteiger charge is -1.92. The fraction of sp³-hybridized carbons (Fsp3) is 0.368. The summed E-state index contributed by atoms with van der Waals surface area (Å²) in [6.45, 7) is 6.53. The molecule has 0 unspecified atom stereocenters. The fourth-order valence-electron chi connectivity index (χ4n) is 1.87. The first-order valence-electron chi connectivity index (χ1n) is 8.14. The molecular formula is C19H30N2O3. The maximum absolute atomic E-state index is 7.62. The molecule has 1 aromatic heterocycles. The number of para-hydroxylation sites is 1. The van der Waals surface area contributed by atoms with Crippen molar-refractivity contribution in [2.45, 2.75) is 20.8 Å². The number of aliphatic hydroxyl groups is 2. The van der Waals surface area contributed by atoms with Crippen LogP contribution in [0.5, 0.6) is 0 Å². The molecule has 0 saturated heterocycles. The number of H-pyrrole nitrogens is 1. The van der Waals surface area contributed by atoms with Gasteiger partial charge in [0.1, 0.15) is 0 Å². The first-order valence-corrected chi connectivity index (χ1v) is 8.14. The second-order valence-electron chi connectivity index (χ2n) is 4.50. The average Bonchev–Trinajstić information content (AvgIpc) is 3.02. The molecule has 0 bridgehead atoms. The van der Waals surface area contributed by atoms with Crippen LogP contribution in [0.15, 0.2) is 42.5 Å². The Balaban J connectivity index is 0.000000447. The lowest BCUT2D eigenvalue weighted by molar-refractivity contribution is 0.186. The number of fused-ring (bicyclic) bond motifs is 3. The van der Waals surface area contributed by atoms with Crippen LogP contribution in [0.1, 0.15) is 20.8 Å². The molecule has 0 radical (unpaired) electrons. The zero-order chi connectivity index (χ0) is 18.4.